The van der Waals surface area contributed by atoms with Gasteiger partial charge in [-0.15, -0.1) is 11.6 Å². The molecule has 2 atom stereocenters. The largest absolute Gasteiger partial charge is 0.481 e. The number of methoxy groups -OCH3 is 1. The van der Waals surface area contributed by atoms with Gasteiger partial charge in [0.05, 0.1) is 12.5 Å². The van der Waals surface area contributed by atoms with Crippen molar-refractivity contribution >= 4 is 22.8 Å². The van der Waals surface area contributed by atoms with E-state index in [1.54, 1.807) is 7.11 Å². The average molecular weight is 282 g/mol. The molecule has 0 saturated carbocycles. The van der Waals surface area contributed by atoms with Crippen molar-refractivity contribution in [3.05, 3.63) is 18.0 Å². The summed E-state index contributed by atoms with van der Waals surface area (Å²) in [4.78, 5) is 9.12. The third-order valence-electron chi connectivity index (χ3n) is 3.25. The van der Waals surface area contributed by atoms with E-state index in [0.29, 0.717) is 11.9 Å². The Morgan fingerprint density at radius 1 is 1.32 bits per heavy atom. The summed E-state index contributed by atoms with van der Waals surface area (Å²) in [6.07, 6.45) is 2.18. The minimum atomic E-state index is -0.139. The summed E-state index contributed by atoms with van der Waals surface area (Å²) in [5, 5.41) is -0.139. The first-order valence-corrected chi connectivity index (χ1v) is 7.09. The highest BCUT2D eigenvalue weighted by Gasteiger charge is 2.20. The standard InChI is InChI=1S/C14H20ClN3O/c1-5-6-9(2)18-13(10(3)15)16-11-7-8-12(19-4)17-14(11)18/h7-10H,5-6H2,1-4H3. The fourth-order valence-corrected chi connectivity index (χ4v) is 2.50. The summed E-state index contributed by atoms with van der Waals surface area (Å²) in [5.74, 6) is 1.48. The van der Waals surface area contributed by atoms with Crippen LogP contribution < -0.4 is 4.74 Å². The minimum absolute atomic E-state index is 0.139. The number of halogens is 1. The number of hydrogen-bond acceptors (Lipinski definition) is 3. The van der Waals surface area contributed by atoms with E-state index in [1.807, 2.05) is 19.1 Å². The van der Waals surface area contributed by atoms with Crippen LogP contribution in [0.2, 0.25) is 0 Å². The van der Waals surface area contributed by atoms with Crippen molar-refractivity contribution in [1.29, 1.82) is 0 Å². The number of pyridine rings is 1. The van der Waals surface area contributed by atoms with Gasteiger partial charge in [0.15, 0.2) is 5.65 Å². The van der Waals surface area contributed by atoms with Crippen LogP contribution in [-0.2, 0) is 0 Å². The van der Waals surface area contributed by atoms with Crippen molar-refractivity contribution in [2.24, 2.45) is 0 Å². The fraction of sp³-hybridized carbons (Fsp3) is 0.571. The van der Waals surface area contributed by atoms with Gasteiger partial charge in [-0.25, -0.2) is 4.98 Å². The molecule has 2 aromatic rings. The number of ether oxygens (including phenoxy) is 1. The Hall–Kier alpha value is -1.29. The number of rotatable bonds is 5. The SMILES string of the molecule is CCCC(C)n1c(C(C)Cl)nc2ccc(OC)nc21. The van der Waals surface area contributed by atoms with E-state index >= 15 is 0 Å². The molecule has 0 bridgehead atoms. The van der Waals surface area contributed by atoms with Crippen LogP contribution in [0.25, 0.3) is 11.2 Å². The first-order valence-electron chi connectivity index (χ1n) is 6.65. The van der Waals surface area contributed by atoms with Crippen molar-refractivity contribution in [1.82, 2.24) is 14.5 Å². The summed E-state index contributed by atoms with van der Waals surface area (Å²) in [6, 6.07) is 4.08. The topological polar surface area (TPSA) is 39.9 Å². The van der Waals surface area contributed by atoms with E-state index in [9.17, 15) is 0 Å². The van der Waals surface area contributed by atoms with Crippen LogP contribution in [0.15, 0.2) is 12.1 Å². The van der Waals surface area contributed by atoms with Crippen molar-refractivity contribution in [3.8, 4) is 5.88 Å². The van der Waals surface area contributed by atoms with Crippen LogP contribution in [0, 0.1) is 0 Å². The molecule has 0 aliphatic carbocycles. The number of alkyl halides is 1. The highest BCUT2D eigenvalue weighted by molar-refractivity contribution is 6.20. The zero-order chi connectivity index (χ0) is 14.0. The molecule has 0 aromatic carbocycles. The van der Waals surface area contributed by atoms with Crippen molar-refractivity contribution in [3.63, 3.8) is 0 Å². The Kier molecular flexibility index (Phi) is 4.30. The fourth-order valence-electron chi connectivity index (χ4n) is 2.35. The van der Waals surface area contributed by atoms with Gasteiger partial charge in [-0.2, -0.15) is 4.98 Å². The van der Waals surface area contributed by atoms with Gasteiger partial charge >= 0.3 is 0 Å². The molecule has 0 saturated heterocycles. The molecule has 0 radical (unpaired) electrons. The molecule has 5 heteroatoms. The van der Waals surface area contributed by atoms with Crippen molar-refractivity contribution < 1.29 is 4.74 Å². The normalized spacial score (nSPS) is 14.6. The Labute approximate surface area is 118 Å². The monoisotopic (exact) mass is 281 g/mol. The molecule has 2 rings (SSSR count). The summed E-state index contributed by atoms with van der Waals surface area (Å²) >= 11 is 6.26. The first kappa shape index (κ1) is 14.1. The van der Waals surface area contributed by atoms with Crippen LogP contribution in [0.1, 0.15) is 50.9 Å². The molecule has 2 aromatic heterocycles. The average Bonchev–Trinajstić information content (AvgIpc) is 2.77. The lowest BCUT2D eigenvalue weighted by molar-refractivity contribution is 0.398. The van der Waals surface area contributed by atoms with E-state index in [0.717, 1.165) is 29.8 Å². The number of nitrogens with zero attached hydrogens (tertiary/aromatic N) is 3. The first-order chi connectivity index (χ1) is 9.08. The predicted octanol–water partition coefficient (Wildman–Crippen LogP) is 4.10. The molecule has 0 N–H and O–H groups in total. The maximum Gasteiger partial charge on any atom is 0.215 e. The van der Waals surface area contributed by atoms with Gasteiger partial charge in [0.1, 0.15) is 11.3 Å². The number of aromatic nitrogens is 3. The number of hydrogen-bond donors (Lipinski definition) is 0. The molecular formula is C14H20ClN3O. The van der Waals surface area contributed by atoms with Crippen molar-refractivity contribution in [2.75, 3.05) is 7.11 Å². The second-order valence-electron chi connectivity index (χ2n) is 4.79. The number of fused-ring (bicyclic) bond motifs is 1. The Bertz CT molecular complexity index is 565. The Morgan fingerprint density at radius 3 is 2.63 bits per heavy atom. The van der Waals surface area contributed by atoms with E-state index in [1.165, 1.54) is 0 Å². The van der Waals surface area contributed by atoms with Gasteiger partial charge in [-0.3, -0.25) is 0 Å². The highest BCUT2D eigenvalue weighted by atomic mass is 35.5. The van der Waals surface area contributed by atoms with Crippen molar-refractivity contribution in [2.45, 2.75) is 45.0 Å². The van der Waals surface area contributed by atoms with Crippen LogP contribution in [0.5, 0.6) is 5.88 Å². The lowest BCUT2D eigenvalue weighted by Crippen LogP contribution is -2.10. The maximum absolute atomic E-state index is 6.26. The Morgan fingerprint density at radius 2 is 2.05 bits per heavy atom. The third kappa shape index (κ3) is 2.68. The minimum Gasteiger partial charge on any atom is -0.481 e. The second-order valence-corrected chi connectivity index (χ2v) is 5.44. The molecule has 0 spiro atoms. The van der Waals surface area contributed by atoms with E-state index in [-0.39, 0.29) is 5.38 Å². The predicted molar refractivity (Wildman–Crippen MR) is 78.0 cm³/mol. The molecule has 0 aliphatic rings. The summed E-state index contributed by atoms with van der Waals surface area (Å²) < 4.78 is 7.34. The summed E-state index contributed by atoms with van der Waals surface area (Å²) in [5.41, 5.74) is 1.72. The molecule has 104 valence electrons. The zero-order valence-electron chi connectivity index (χ0n) is 11.9. The molecule has 4 nitrogen and oxygen atoms in total. The highest BCUT2D eigenvalue weighted by Crippen LogP contribution is 2.29. The van der Waals surface area contributed by atoms with Gasteiger partial charge in [0, 0.05) is 12.1 Å². The molecule has 0 aliphatic heterocycles. The quantitative estimate of drug-likeness (QED) is 0.775. The third-order valence-corrected chi connectivity index (χ3v) is 3.45. The van der Waals surface area contributed by atoms with E-state index < -0.39 is 0 Å². The van der Waals surface area contributed by atoms with Crippen LogP contribution in [-0.4, -0.2) is 21.6 Å². The molecule has 19 heavy (non-hydrogen) atoms. The second kappa shape index (κ2) is 5.78. The molecule has 0 fully saturated rings. The van der Waals surface area contributed by atoms with Gasteiger partial charge in [-0.1, -0.05) is 13.3 Å². The lowest BCUT2D eigenvalue weighted by atomic mass is 10.2. The van der Waals surface area contributed by atoms with Gasteiger partial charge < -0.3 is 9.30 Å². The summed E-state index contributed by atoms with van der Waals surface area (Å²) in [6.45, 7) is 6.29. The van der Waals surface area contributed by atoms with Crippen LogP contribution in [0.3, 0.4) is 0 Å². The zero-order valence-corrected chi connectivity index (χ0v) is 12.6. The van der Waals surface area contributed by atoms with Crippen LogP contribution >= 0.6 is 11.6 Å². The molecular weight excluding hydrogens is 262 g/mol. The van der Waals surface area contributed by atoms with Crippen LogP contribution in [0.4, 0.5) is 0 Å². The van der Waals surface area contributed by atoms with Gasteiger partial charge in [0.2, 0.25) is 5.88 Å². The van der Waals surface area contributed by atoms with E-state index in [2.05, 4.69) is 28.4 Å². The molecule has 2 heterocycles. The number of imidazole rings is 1. The smallest absolute Gasteiger partial charge is 0.215 e. The van der Waals surface area contributed by atoms with Gasteiger partial charge in [-0.05, 0) is 26.3 Å². The maximum atomic E-state index is 6.26. The Balaban J connectivity index is 2.63. The van der Waals surface area contributed by atoms with Gasteiger partial charge in [0.25, 0.3) is 0 Å². The summed E-state index contributed by atoms with van der Waals surface area (Å²) in [7, 11) is 1.62. The molecule has 0 amide bonds. The van der Waals surface area contributed by atoms with E-state index in [4.69, 9.17) is 16.3 Å². The lowest BCUT2D eigenvalue weighted by Gasteiger charge is -2.17. The molecule has 2 unspecified atom stereocenters.